The van der Waals surface area contributed by atoms with E-state index < -0.39 is 0 Å². The molecule has 84 valence electrons. The lowest BCUT2D eigenvalue weighted by Crippen LogP contribution is -2.13. The Bertz CT molecular complexity index is 266. The number of thioether (sulfide) groups is 1. The molecule has 0 bridgehead atoms. The second-order valence-corrected chi connectivity index (χ2v) is 5.24. The van der Waals surface area contributed by atoms with Gasteiger partial charge < -0.3 is 10.8 Å². The van der Waals surface area contributed by atoms with E-state index in [4.69, 9.17) is 10.8 Å². The molecule has 2 atom stereocenters. The second-order valence-electron chi connectivity index (χ2n) is 3.59. The maximum absolute atomic E-state index is 8.85. The molecule has 0 spiro atoms. The van der Waals surface area contributed by atoms with Crippen LogP contribution < -0.4 is 5.73 Å². The molecule has 1 aromatic rings. The van der Waals surface area contributed by atoms with E-state index in [1.54, 1.807) is 0 Å². The average Bonchev–Trinajstić information content (AvgIpc) is 2.27. The third-order valence-electron chi connectivity index (χ3n) is 2.32. The lowest BCUT2D eigenvalue weighted by atomic mass is 10.1. The minimum absolute atomic E-state index is 0.250. The van der Waals surface area contributed by atoms with Crippen molar-refractivity contribution in [2.24, 2.45) is 5.73 Å². The van der Waals surface area contributed by atoms with Gasteiger partial charge >= 0.3 is 0 Å². The van der Waals surface area contributed by atoms with E-state index in [1.165, 1.54) is 5.56 Å². The van der Waals surface area contributed by atoms with Gasteiger partial charge in [-0.05, 0) is 12.0 Å². The van der Waals surface area contributed by atoms with Crippen LogP contribution in [0.5, 0.6) is 0 Å². The normalized spacial score (nSPS) is 14.9. The second kappa shape index (κ2) is 6.88. The van der Waals surface area contributed by atoms with Crippen LogP contribution in [0.25, 0.3) is 0 Å². The fraction of sp³-hybridized carbons (Fsp3) is 0.500. The minimum Gasteiger partial charge on any atom is -0.396 e. The molecule has 15 heavy (non-hydrogen) atoms. The maximum atomic E-state index is 8.85. The Morgan fingerprint density at radius 3 is 2.53 bits per heavy atom. The Hall–Kier alpha value is -0.510. The van der Waals surface area contributed by atoms with Crippen molar-refractivity contribution in [3.8, 4) is 0 Å². The average molecular weight is 225 g/mol. The van der Waals surface area contributed by atoms with Gasteiger partial charge in [-0.1, -0.05) is 37.3 Å². The molecular formula is C12H19NOS. The summed E-state index contributed by atoms with van der Waals surface area (Å²) in [5.41, 5.74) is 7.04. The van der Waals surface area contributed by atoms with Gasteiger partial charge in [-0.25, -0.2) is 0 Å². The molecular weight excluding hydrogens is 206 g/mol. The van der Waals surface area contributed by atoms with E-state index >= 15 is 0 Å². The first-order chi connectivity index (χ1) is 7.27. The fourth-order valence-corrected chi connectivity index (χ4v) is 2.70. The highest BCUT2D eigenvalue weighted by molar-refractivity contribution is 8.00. The van der Waals surface area contributed by atoms with Gasteiger partial charge in [0.25, 0.3) is 0 Å². The van der Waals surface area contributed by atoms with Crippen molar-refractivity contribution in [3.63, 3.8) is 0 Å². The number of nitrogens with two attached hydrogens (primary N) is 1. The predicted molar refractivity (Wildman–Crippen MR) is 67.0 cm³/mol. The number of benzene rings is 1. The summed E-state index contributed by atoms with van der Waals surface area (Å²) in [4.78, 5) is 0. The summed E-state index contributed by atoms with van der Waals surface area (Å²) < 4.78 is 0. The quantitative estimate of drug-likeness (QED) is 0.780. The van der Waals surface area contributed by atoms with Crippen LogP contribution in [0.4, 0.5) is 0 Å². The highest BCUT2D eigenvalue weighted by atomic mass is 32.2. The van der Waals surface area contributed by atoms with Crippen molar-refractivity contribution in [1.82, 2.24) is 0 Å². The fourth-order valence-electron chi connectivity index (χ4n) is 1.47. The Kier molecular flexibility index (Phi) is 5.76. The van der Waals surface area contributed by atoms with Crippen LogP contribution >= 0.6 is 11.8 Å². The van der Waals surface area contributed by atoms with E-state index in [0.717, 1.165) is 6.42 Å². The third kappa shape index (κ3) is 4.24. The Balaban J connectivity index is 2.56. The molecule has 1 aromatic carbocycles. The largest absolute Gasteiger partial charge is 0.396 e. The molecule has 0 heterocycles. The number of aliphatic hydroxyl groups excluding tert-OH is 1. The highest BCUT2D eigenvalue weighted by Crippen LogP contribution is 2.32. The number of rotatable bonds is 6. The van der Waals surface area contributed by atoms with E-state index in [-0.39, 0.29) is 6.61 Å². The van der Waals surface area contributed by atoms with Gasteiger partial charge in [0.2, 0.25) is 0 Å². The van der Waals surface area contributed by atoms with Crippen molar-refractivity contribution in [2.75, 3.05) is 13.2 Å². The molecule has 2 nitrogen and oxygen atoms in total. The summed E-state index contributed by atoms with van der Waals surface area (Å²) in [7, 11) is 0. The first-order valence-electron chi connectivity index (χ1n) is 5.29. The van der Waals surface area contributed by atoms with Crippen LogP contribution in [-0.4, -0.2) is 23.5 Å². The zero-order valence-electron chi connectivity index (χ0n) is 9.10. The number of aliphatic hydroxyl groups is 1. The zero-order valence-corrected chi connectivity index (χ0v) is 9.91. The van der Waals surface area contributed by atoms with E-state index in [0.29, 0.717) is 17.0 Å². The first-order valence-corrected chi connectivity index (χ1v) is 6.23. The van der Waals surface area contributed by atoms with Crippen LogP contribution in [0.3, 0.4) is 0 Å². The first kappa shape index (κ1) is 12.6. The summed E-state index contributed by atoms with van der Waals surface area (Å²) >= 11 is 1.84. The van der Waals surface area contributed by atoms with E-state index in [2.05, 4.69) is 19.1 Å². The standard InChI is InChI=1S/C12H19NOS/c1-10(7-8-14)15-12(9-13)11-5-3-2-4-6-11/h2-6,10,12,14H,7-9,13H2,1H3. The third-order valence-corrected chi connectivity index (χ3v) is 3.81. The van der Waals surface area contributed by atoms with Crippen LogP contribution in [0, 0.1) is 0 Å². The molecule has 0 saturated carbocycles. The maximum Gasteiger partial charge on any atom is 0.0441 e. The Labute approximate surface area is 95.9 Å². The molecule has 3 N–H and O–H groups in total. The molecule has 0 aliphatic heterocycles. The van der Waals surface area contributed by atoms with Crippen LogP contribution in [0.2, 0.25) is 0 Å². The molecule has 0 radical (unpaired) electrons. The SMILES string of the molecule is CC(CCO)SC(CN)c1ccccc1. The molecule has 0 saturated heterocycles. The van der Waals surface area contributed by atoms with E-state index in [1.807, 2.05) is 30.0 Å². The smallest absolute Gasteiger partial charge is 0.0441 e. The number of hydrogen-bond acceptors (Lipinski definition) is 3. The van der Waals surface area contributed by atoms with Crippen molar-refractivity contribution in [3.05, 3.63) is 35.9 Å². The monoisotopic (exact) mass is 225 g/mol. The highest BCUT2D eigenvalue weighted by Gasteiger charge is 2.13. The van der Waals surface area contributed by atoms with Gasteiger partial charge in [0.15, 0.2) is 0 Å². The molecule has 0 amide bonds. The van der Waals surface area contributed by atoms with Gasteiger partial charge in [-0.2, -0.15) is 0 Å². The lowest BCUT2D eigenvalue weighted by Gasteiger charge is -2.19. The summed E-state index contributed by atoms with van der Waals surface area (Å²) in [6, 6.07) is 10.3. The Morgan fingerprint density at radius 1 is 1.33 bits per heavy atom. The summed E-state index contributed by atoms with van der Waals surface area (Å²) in [6.07, 6.45) is 0.827. The molecule has 0 fully saturated rings. The minimum atomic E-state index is 0.250. The summed E-state index contributed by atoms with van der Waals surface area (Å²) in [5, 5.41) is 9.64. The zero-order chi connectivity index (χ0) is 11.1. The molecule has 0 aromatic heterocycles. The molecule has 0 aliphatic carbocycles. The van der Waals surface area contributed by atoms with Gasteiger partial charge in [-0.15, -0.1) is 11.8 Å². The van der Waals surface area contributed by atoms with Gasteiger partial charge in [0.05, 0.1) is 0 Å². The lowest BCUT2D eigenvalue weighted by molar-refractivity contribution is 0.289. The molecule has 0 aliphatic rings. The van der Waals surface area contributed by atoms with Crippen LogP contribution in [-0.2, 0) is 0 Å². The van der Waals surface area contributed by atoms with Crippen LogP contribution in [0.15, 0.2) is 30.3 Å². The van der Waals surface area contributed by atoms with Crippen molar-refractivity contribution >= 4 is 11.8 Å². The summed E-state index contributed by atoms with van der Waals surface area (Å²) in [6.45, 7) is 3.02. The van der Waals surface area contributed by atoms with Crippen LogP contribution in [0.1, 0.15) is 24.2 Å². The van der Waals surface area contributed by atoms with Gasteiger partial charge in [0, 0.05) is 23.7 Å². The van der Waals surface area contributed by atoms with Gasteiger partial charge in [0.1, 0.15) is 0 Å². The van der Waals surface area contributed by atoms with E-state index in [9.17, 15) is 0 Å². The van der Waals surface area contributed by atoms with Crippen molar-refractivity contribution in [1.29, 1.82) is 0 Å². The molecule has 2 unspecified atom stereocenters. The van der Waals surface area contributed by atoms with Crippen molar-refractivity contribution in [2.45, 2.75) is 23.8 Å². The molecule has 1 rings (SSSR count). The van der Waals surface area contributed by atoms with Gasteiger partial charge in [-0.3, -0.25) is 0 Å². The summed E-state index contributed by atoms with van der Waals surface area (Å²) in [5.74, 6) is 0. The predicted octanol–water partition coefficient (Wildman–Crippen LogP) is 2.19. The Morgan fingerprint density at radius 2 is 2.00 bits per heavy atom. The number of hydrogen-bond donors (Lipinski definition) is 2. The van der Waals surface area contributed by atoms with Crippen molar-refractivity contribution < 1.29 is 5.11 Å². The topological polar surface area (TPSA) is 46.2 Å². The molecule has 3 heteroatoms.